The zero-order valence-electron chi connectivity index (χ0n) is 11.1. The first-order valence-electron chi connectivity index (χ1n) is 6.51. The lowest BCUT2D eigenvalue weighted by atomic mass is 10.1. The maximum atomic E-state index is 12.3. The molecule has 0 atom stereocenters. The molecular weight excluding hydrogens is 306 g/mol. The third-order valence-electron chi connectivity index (χ3n) is 3.52. The first-order valence-corrected chi connectivity index (χ1v) is 7.70. The van der Waals surface area contributed by atoms with Gasteiger partial charge in [-0.1, -0.05) is 11.6 Å². The van der Waals surface area contributed by atoms with Crippen LogP contribution in [0.1, 0.15) is 32.8 Å². The van der Waals surface area contributed by atoms with Crippen molar-refractivity contribution >= 4 is 39.5 Å². The Morgan fingerprint density at radius 1 is 1.43 bits per heavy atom. The van der Waals surface area contributed by atoms with Crippen LogP contribution < -0.4 is 11.1 Å². The molecule has 2 aromatic rings. The molecule has 6 heteroatoms. The minimum Gasteiger partial charge on any atom is -0.398 e. The maximum absolute atomic E-state index is 12.3. The Labute approximate surface area is 131 Å². The van der Waals surface area contributed by atoms with Crippen LogP contribution in [0.3, 0.4) is 0 Å². The van der Waals surface area contributed by atoms with Crippen LogP contribution in [0.4, 0.5) is 10.7 Å². The van der Waals surface area contributed by atoms with Gasteiger partial charge < -0.3 is 11.1 Å². The molecule has 0 saturated heterocycles. The van der Waals surface area contributed by atoms with Gasteiger partial charge in [0.25, 0.3) is 5.91 Å². The highest BCUT2D eigenvalue weighted by Gasteiger charge is 2.23. The van der Waals surface area contributed by atoms with Gasteiger partial charge in [0.1, 0.15) is 11.1 Å². The molecule has 0 spiro atoms. The lowest BCUT2D eigenvalue weighted by molar-refractivity contribution is 0.102. The molecule has 1 heterocycles. The van der Waals surface area contributed by atoms with Gasteiger partial charge in [0.2, 0.25) is 0 Å². The second-order valence-corrected chi connectivity index (χ2v) is 6.38. The number of halogens is 1. The molecule has 106 valence electrons. The third-order valence-corrected chi connectivity index (χ3v) is 5.07. The van der Waals surface area contributed by atoms with Gasteiger partial charge in [-0.15, -0.1) is 11.3 Å². The highest BCUT2D eigenvalue weighted by atomic mass is 35.5. The van der Waals surface area contributed by atoms with Crippen molar-refractivity contribution in [2.24, 2.45) is 0 Å². The van der Waals surface area contributed by atoms with Gasteiger partial charge >= 0.3 is 0 Å². The summed E-state index contributed by atoms with van der Waals surface area (Å²) in [7, 11) is 0. The summed E-state index contributed by atoms with van der Waals surface area (Å²) >= 11 is 7.34. The molecule has 1 aliphatic carbocycles. The van der Waals surface area contributed by atoms with Gasteiger partial charge in [0, 0.05) is 10.4 Å². The number of carbonyl (C=O) groups is 1. The Bertz CT molecular complexity index is 776. The minimum atomic E-state index is -0.283. The summed E-state index contributed by atoms with van der Waals surface area (Å²) in [5, 5.41) is 13.2. The SMILES string of the molecule is N#Cc1c(NC(=O)c2ccc(Cl)c(N)c2)sc2c1CCC2. The topological polar surface area (TPSA) is 78.9 Å². The molecule has 4 nitrogen and oxygen atoms in total. The van der Waals surface area contributed by atoms with Crippen molar-refractivity contribution in [1.82, 2.24) is 0 Å². The molecule has 0 saturated carbocycles. The van der Waals surface area contributed by atoms with Gasteiger partial charge in [0.05, 0.1) is 16.3 Å². The number of hydrogen-bond acceptors (Lipinski definition) is 4. The highest BCUT2D eigenvalue weighted by molar-refractivity contribution is 7.16. The van der Waals surface area contributed by atoms with Gasteiger partial charge in [-0.3, -0.25) is 4.79 Å². The predicted molar refractivity (Wildman–Crippen MR) is 84.9 cm³/mol. The van der Waals surface area contributed by atoms with E-state index >= 15 is 0 Å². The van der Waals surface area contributed by atoms with Crippen molar-refractivity contribution in [3.05, 3.63) is 44.8 Å². The molecule has 0 aliphatic heterocycles. The number of benzene rings is 1. The largest absolute Gasteiger partial charge is 0.398 e. The van der Waals surface area contributed by atoms with Crippen LogP contribution in [0.2, 0.25) is 5.02 Å². The number of anilines is 2. The van der Waals surface area contributed by atoms with Gasteiger partial charge in [0.15, 0.2) is 0 Å². The zero-order valence-corrected chi connectivity index (χ0v) is 12.6. The van der Waals surface area contributed by atoms with E-state index < -0.39 is 0 Å². The number of amides is 1. The zero-order chi connectivity index (χ0) is 15.0. The molecule has 1 aromatic carbocycles. The number of hydrogen-bond donors (Lipinski definition) is 2. The number of nitrogens with one attached hydrogen (secondary N) is 1. The van der Waals surface area contributed by atoms with E-state index in [9.17, 15) is 10.1 Å². The average molecular weight is 318 g/mol. The molecule has 0 bridgehead atoms. The number of carbonyl (C=O) groups excluding carboxylic acids is 1. The van der Waals surface area contributed by atoms with E-state index in [2.05, 4.69) is 11.4 Å². The number of nitriles is 1. The third kappa shape index (κ3) is 2.48. The van der Waals surface area contributed by atoms with E-state index in [-0.39, 0.29) is 5.91 Å². The number of rotatable bonds is 2. The van der Waals surface area contributed by atoms with Crippen molar-refractivity contribution in [3.63, 3.8) is 0 Å². The molecule has 21 heavy (non-hydrogen) atoms. The van der Waals surface area contributed by atoms with Crippen molar-refractivity contribution < 1.29 is 4.79 Å². The quantitative estimate of drug-likeness (QED) is 0.831. The fourth-order valence-corrected chi connectivity index (χ4v) is 3.82. The highest BCUT2D eigenvalue weighted by Crippen LogP contribution is 2.38. The number of thiophene rings is 1. The van der Waals surface area contributed by atoms with Gasteiger partial charge in [-0.2, -0.15) is 5.26 Å². The first kappa shape index (κ1) is 13.9. The van der Waals surface area contributed by atoms with E-state index in [1.54, 1.807) is 12.1 Å². The molecule has 3 rings (SSSR count). The molecule has 1 amide bonds. The first-order chi connectivity index (χ1) is 10.1. The van der Waals surface area contributed by atoms with Crippen LogP contribution in [0.5, 0.6) is 0 Å². The van der Waals surface area contributed by atoms with Crippen molar-refractivity contribution in [1.29, 1.82) is 5.26 Å². The van der Waals surface area contributed by atoms with Crippen LogP contribution in [0.25, 0.3) is 0 Å². The summed E-state index contributed by atoms with van der Waals surface area (Å²) in [6.45, 7) is 0. The molecule has 0 unspecified atom stereocenters. The fourth-order valence-electron chi connectivity index (χ4n) is 2.47. The number of nitrogens with zero attached hydrogens (tertiary/aromatic N) is 1. The molecule has 1 aliphatic rings. The molecular formula is C15H12ClN3OS. The number of nitrogen functional groups attached to an aromatic ring is 1. The Morgan fingerprint density at radius 3 is 2.95 bits per heavy atom. The Morgan fingerprint density at radius 2 is 2.24 bits per heavy atom. The van der Waals surface area contributed by atoms with Crippen molar-refractivity contribution in [3.8, 4) is 6.07 Å². The normalized spacial score (nSPS) is 12.8. The standard InChI is InChI=1S/C15H12ClN3OS/c16-11-5-4-8(6-12(11)18)14(20)19-15-10(7-17)9-2-1-3-13(9)21-15/h4-6H,1-3,18H2,(H,19,20). The monoisotopic (exact) mass is 317 g/mol. The summed E-state index contributed by atoms with van der Waals surface area (Å²) in [6, 6.07) is 6.94. The molecule has 0 radical (unpaired) electrons. The predicted octanol–water partition coefficient (Wildman–Crippen LogP) is 3.60. The summed E-state index contributed by atoms with van der Waals surface area (Å²) in [5.74, 6) is -0.283. The van der Waals surface area contributed by atoms with E-state index in [0.717, 1.165) is 24.8 Å². The Balaban J connectivity index is 1.88. The van der Waals surface area contributed by atoms with Crippen molar-refractivity contribution in [2.75, 3.05) is 11.1 Å². The van der Waals surface area contributed by atoms with Gasteiger partial charge in [-0.05, 0) is 43.0 Å². The van der Waals surface area contributed by atoms with E-state index in [1.165, 1.54) is 22.3 Å². The van der Waals surface area contributed by atoms with E-state index in [1.807, 2.05) is 0 Å². The van der Waals surface area contributed by atoms with Gasteiger partial charge in [-0.25, -0.2) is 0 Å². The minimum absolute atomic E-state index is 0.283. The summed E-state index contributed by atoms with van der Waals surface area (Å²) in [4.78, 5) is 13.5. The average Bonchev–Trinajstić information content (AvgIpc) is 3.02. The molecule has 0 fully saturated rings. The number of nitrogens with two attached hydrogens (primary N) is 1. The van der Waals surface area contributed by atoms with E-state index in [0.29, 0.717) is 26.8 Å². The Hall–Kier alpha value is -2.03. The van der Waals surface area contributed by atoms with Crippen molar-refractivity contribution in [2.45, 2.75) is 19.3 Å². The van der Waals surface area contributed by atoms with Crippen LogP contribution in [0.15, 0.2) is 18.2 Å². The smallest absolute Gasteiger partial charge is 0.256 e. The molecule has 3 N–H and O–H groups in total. The van der Waals surface area contributed by atoms with Crippen LogP contribution in [-0.4, -0.2) is 5.91 Å². The summed E-state index contributed by atoms with van der Waals surface area (Å²) in [6.07, 6.45) is 2.98. The lowest BCUT2D eigenvalue weighted by Crippen LogP contribution is -2.12. The van der Waals surface area contributed by atoms with E-state index in [4.69, 9.17) is 17.3 Å². The van der Waals surface area contributed by atoms with Crippen LogP contribution in [-0.2, 0) is 12.8 Å². The Kier molecular flexibility index (Phi) is 3.58. The summed E-state index contributed by atoms with van der Waals surface area (Å²) in [5.41, 5.74) is 8.18. The second kappa shape index (κ2) is 5.40. The van der Waals surface area contributed by atoms with Crippen LogP contribution in [0, 0.1) is 11.3 Å². The number of aryl methyl sites for hydroxylation is 1. The maximum Gasteiger partial charge on any atom is 0.256 e. The number of fused-ring (bicyclic) bond motifs is 1. The summed E-state index contributed by atoms with van der Waals surface area (Å²) < 4.78 is 0. The molecule has 1 aromatic heterocycles. The van der Waals surface area contributed by atoms with Crippen LogP contribution >= 0.6 is 22.9 Å². The second-order valence-electron chi connectivity index (χ2n) is 4.86. The fraction of sp³-hybridized carbons (Fsp3) is 0.200. The lowest BCUT2D eigenvalue weighted by Gasteiger charge is -2.05.